The van der Waals surface area contributed by atoms with Crippen LogP contribution in [0.15, 0.2) is 79.1 Å². The van der Waals surface area contributed by atoms with Crippen LogP contribution < -0.4 is 5.32 Å². The summed E-state index contributed by atoms with van der Waals surface area (Å²) in [5.74, 6) is -0.0881. The van der Waals surface area contributed by atoms with Crippen LogP contribution in [-0.2, 0) is 6.54 Å². The molecule has 1 heterocycles. The largest absolute Gasteiger partial charge is 0.345 e. The second-order valence-electron chi connectivity index (χ2n) is 7.05. The fraction of sp³-hybridized carbons (Fsp3) is 0.167. The molecule has 0 aliphatic rings. The highest BCUT2D eigenvalue weighted by atomic mass is 35.5. The van der Waals surface area contributed by atoms with Gasteiger partial charge in [-0.3, -0.25) is 4.79 Å². The summed E-state index contributed by atoms with van der Waals surface area (Å²) in [6, 6.07) is 23.5. The molecule has 1 N–H and O–H groups in total. The molecule has 0 saturated carbocycles. The van der Waals surface area contributed by atoms with Crippen LogP contribution in [0.4, 0.5) is 0 Å². The smallest absolute Gasteiger partial charge is 0.251 e. The van der Waals surface area contributed by atoms with Gasteiger partial charge in [0.05, 0.1) is 23.4 Å². The van der Waals surface area contributed by atoms with Gasteiger partial charge in [0.15, 0.2) is 0 Å². The minimum absolute atomic E-state index is 0.0122. The number of benzene rings is 3. The van der Waals surface area contributed by atoms with Crippen molar-refractivity contribution in [2.45, 2.75) is 25.9 Å². The molecule has 0 spiro atoms. The Labute approximate surface area is 175 Å². The van der Waals surface area contributed by atoms with E-state index in [0.717, 1.165) is 33.6 Å². The standard InChI is InChI=1S/C24H22ClN3O/c1-2-21(18-6-4-3-5-7-18)27-24(29)19-10-13-23-22(14-19)26-16-28(23)15-17-8-11-20(25)12-9-17/h3-14,16,21H,2,15H2,1H3,(H,27,29)/t21-/m0/s1. The van der Waals surface area contributed by atoms with Crippen LogP contribution in [-0.4, -0.2) is 15.5 Å². The van der Waals surface area contributed by atoms with Crippen molar-refractivity contribution in [1.82, 2.24) is 14.9 Å². The number of fused-ring (bicyclic) bond motifs is 1. The molecule has 4 aromatic rings. The molecular weight excluding hydrogens is 382 g/mol. The van der Waals surface area contributed by atoms with Gasteiger partial charge in [0, 0.05) is 17.1 Å². The molecule has 0 unspecified atom stereocenters. The summed E-state index contributed by atoms with van der Waals surface area (Å²) in [5.41, 5.74) is 4.66. The van der Waals surface area contributed by atoms with Crippen LogP contribution in [0, 0.1) is 0 Å². The number of hydrogen-bond acceptors (Lipinski definition) is 2. The second kappa shape index (κ2) is 8.50. The van der Waals surface area contributed by atoms with Crippen molar-refractivity contribution < 1.29 is 4.79 Å². The average molecular weight is 404 g/mol. The monoisotopic (exact) mass is 403 g/mol. The molecule has 29 heavy (non-hydrogen) atoms. The Bertz CT molecular complexity index is 1120. The Balaban J connectivity index is 1.53. The molecule has 0 saturated heterocycles. The van der Waals surface area contributed by atoms with Gasteiger partial charge >= 0.3 is 0 Å². The zero-order valence-electron chi connectivity index (χ0n) is 16.2. The topological polar surface area (TPSA) is 46.9 Å². The Kier molecular flexibility index (Phi) is 5.63. The third kappa shape index (κ3) is 4.33. The van der Waals surface area contributed by atoms with Gasteiger partial charge < -0.3 is 9.88 Å². The van der Waals surface area contributed by atoms with Crippen LogP contribution >= 0.6 is 11.6 Å². The van der Waals surface area contributed by atoms with E-state index in [4.69, 9.17) is 11.6 Å². The summed E-state index contributed by atoms with van der Waals surface area (Å²) in [6.45, 7) is 2.77. The molecule has 1 aromatic heterocycles. The Morgan fingerprint density at radius 2 is 1.83 bits per heavy atom. The Hall–Kier alpha value is -3.11. The lowest BCUT2D eigenvalue weighted by molar-refractivity contribution is 0.0935. The lowest BCUT2D eigenvalue weighted by atomic mass is 10.0. The summed E-state index contributed by atoms with van der Waals surface area (Å²) in [4.78, 5) is 17.3. The fourth-order valence-electron chi connectivity index (χ4n) is 3.47. The van der Waals surface area contributed by atoms with E-state index in [2.05, 4.69) is 21.8 Å². The highest BCUT2D eigenvalue weighted by molar-refractivity contribution is 6.30. The highest BCUT2D eigenvalue weighted by Crippen LogP contribution is 2.20. The first kappa shape index (κ1) is 19.2. The van der Waals surface area contributed by atoms with Gasteiger partial charge in [0.25, 0.3) is 5.91 Å². The van der Waals surface area contributed by atoms with Gasteiger partial charge in [-0.1, -0.05) is 61.0 Å². The van der Waals surface area contributed by atoms with Gasteiger partial charge in [-0.05, 0) is 47.9 Å². The molecule has 5 heteroatoms. The predicted octanol–water partition coefficient (Wildman–Crippen LogP) is 5.62. The first-order valence-electron chi connectivity index (χ1n) is 9.69. The minimum atomic E-state index is -0.0881. The quantitative estimate of drug-likeness (QED) is 0.454. The average Bonchev–Trinajstić information content (AvgIpc) is 3.16. The molecule has 3 aromatic carbocycles. The van der Waals surface area contributed by atoms with E-state index in [1.54, 1.807) is 6.33 Å². The first-order valence-corrected chi connectivity index (χ1v) is 10.1. The number of carbonyl (C=O) groups is 1. The maximum absolute atomic E-state index is 12.8. The van der Waals surface area contributed by atoms with E-state index in [0.29, 0.717) is 12.1 Å². The highest BCUT2D eigenvalue weighted by Gasteiger charge is 2.15. The predicted molar refractivity (Wildman–Crippen MR) is 117 cm³/mol. The van der Waals surface area contributed by atoms with Crippen molar-refractivity contribution >= 4 is 28.5 Å². The van der Waals surface area contributed by atoms with Gasteiger partial charge in [0.2, 0.25) is 0 Å². The number of nitrogens with zero attached hydrogens (tertiary/aromatic N) is 2. The summed E-state index contributed by atoms with van der Waals surface area (Å²) in [5, 5.41) is 3.85. The molecule has 0 radical (unpaired) electrons. The molecule has 4 nitrogen and oxygen atoms in total. The zero-order chi connectivity index (χ0) is 20.2. The van der Waals surface area contributed by atoms with Crippen molar-refractivity contribution in [2.24, 2.45) is 0 Å². The number of aromatic nitrogens is 2. The number of carbonyl (C=O) groups excluding carboxylic acids is 1. The van der Waals surface area contributed by atoms with Crippen LogP contribution in [0.25, 0.3) is 11.0 Å². The van der Waals surface area contributed by atoms with Crippen LogP contribution in [0.5, 0.6) is 0 Å². The maximum Gasteiger partial charge on any atom is 0.251 e. The zero-order valence-corrected chi connectivity index (χ0v) is 16.9. The second-order valence-corrected chi connectivity index (χ2v) is 7.48. The van der Waals surface area contributed by atoms with E-state index in [1.807, 2.05) is 72.8 Å². The van der Waals surface area contributed by atoms with E-state index >= 15 is 0 Å². The molecule has 146 valence electrons. The first-order chi connectivity index (χ1) is 14.1. The fourth-order valence-corrected chi connectivity index (χ4v) is 3.59. The van der Waals surface area contributed by atoms with E-state index in [9.17, 15) is 4.79 Å². The molecule has 1 amide bonds. The summed E-state index contributed by atoms with van der Waals surface area (Å²) >= 11 is 5.96. The third-order valence-corrected chi connectivity index (χ3v) is 5.32. The van der Waals surface area contributed by atoms with E-state index < -0.39 is 0 Å². The normalized spacial score (nSPS) is 12.1. The van der Waals surface area contributed by atoms with Crippen molar-refractivity contribution in [2.75, 3.05) is 0 Å². The van der Waals surface area contributed by atoms with Crippen LogP contribution in [0.3, 0.4) is 0 Å². The molecule has 0 fully saturated rings. The van der Waals surface area contributed by atoms with Gasteiger partial charge in [-0.15, -0.1) is 0 Å². The minimum Gasteiger partial charge on any atom is -0.345 e. The molecule has 4 rings (SSSR count). The number of amides is 1. The Morgan fingerprint density at radius 3 is 2.55 bits per heavy atom. The van der Waals surface area contributed by atoms with Crippen molar-refractivity contribution in [3.63, 3.8) is 0 Å². The summed E-state index contributed by atoms with van der Waals surface area (Å²) in [7, 11) is 0. The van der Waals surface area contributed by atoms with Crippen molar-refractivity contribution in [3.8, 4) is 0 Å². The number of rotatable bonds is 6. The number of halogens is 1. The third-order valence-electron chi connectivity index (χ3n) is 5.06. The van der Waals surface area contributed by atoms with Crippen LogP contribution in [0.1, 0.15) is 40.9 Å². The van der Waals surface area contributed by atoms with Crippen molar-refractivity contribution in [3.05, 3.63) is 101 Å². The molecule has 1 atom stereocenters. The number of imidazole rings is 1. The maximum atomic E-state index is 12.8. The molecular formula is C24H22ClN3O. The number of hydrogen-bond donors (Lipinski definition) is 1. The van der Waals surface area contributed by atoms with Gasteiger partial charge in [-0.2, -0.15) is 0 Å². The van der Waals surface area contributed by atoms with Crippen molar-refractivity contribution in [1.29, 1.82) is 0 Å². The van der Waals surface area contributed by atoms with Gasteiger partial charge in [0.1, 0.15) is 0 Å². The lowest BCUT2D eigenvalue weighted by Crippen LogP contribution is -2.28. The van der Waals surface area contributed by atoms with E-state index in [-0.39, 0.29) is 11.9 Å². The lowest BCUT2D eigenvalue weighted by Gasteiger charge is -2.17. The number of nitrogens with one attached hydrogen (secondary N) is 1. The SMILES string of the molecule is CC[C@H](NC(=O)c1ccc2c(c1)ncn2Cc1ccc(Cl)cc1)c1ccccc1. The Morgan fingerprint density at radius 1 is 1.07 bits per heavy atom. The van der Waals surface area contributed by atoms with E-state index in [1.165, 1.54) is 0 Å². The molecule has 0 aliphatic heterocycles. The summed E-state index contributed by atoms with van der Waals surface area (Å²) < 4.78 is 2.07. The molecule has 0 bridgehead atoms. The molecule has 0 aliphatic carbocycles. The van der Waals surface area contributed by atoms with Gasteiger partial charge in [-0.25, -0.2) is 4.98 Å². The summed E-state index contributed by atoms with van der Waals surface area (Å²) in [6.07, 6.45) is 2.63. The van der Waals surface area contributed by atoms with Crippen LogP contribution in [0.2, 0.25) is 5.02 Å².